The maximum Gasteiger partial charge on any atom is 0.254 e. The van der Waals surface area contributed by atoms with E-state index in [0.29, 0.717) is 38.0 Å². The minimum Gasteiger partial charge on any atom is -0.355 e. The van der Waals surface area contributed by atoms with E-state index >= 15 is 0 Å². The van der Waals surface area contributed by atoms with Crippen LogP contribution >= 0.6 is 0 Å². The number of nitrogens with one attached hydrogen (secondary N) is 2. The highest BCUT2D eigenvalue weighted by Crippen LogP contribution is 2.23. The molecule has 2 N–H and O–H groups in total. The predicted octanol–water partition coefficient (Wildman–Crippen LogP) is 1.46. The van der Waals surface area contributed by atoms with Crippen LogP contribution in [0.3, 0.4) is 0 Å². The summed E-state index contributed by atoms with van der Waals surface area (Å²) in [7, 11) is 1.75. The molecule has 9 heteroatoms. The molecule has 0 bridgehead atoms. The highest BCUT2D eigenvalue weighted by molar-refractivity contribution is 7.89. The van der Waals surface area contributed by atoms with Gasteiger partial charge in [0.1, 0.15) is 0 Å². The summed E-state index contributed by atoms with van der Waals surface area (Å²) in [6.45, 7) is 8.47. The number of benzene rings is 1. The Balaban J connectivity index is 1.98. The molecule has 0 aromatic heterocycles. The van der Waals surface area contributed by atoms with Gasteiger partial charge < -0.3 is 15.1 Å². The van der Waals surface area contributed by atoms with Crippen molar-refractivity contribution in [3.63, 3.8) is 0 Å². The predicted molar refractivity (Wildman–Crippen MR) is 121 cm³/mol. The van der Waals surface area contributed by atoms with Gasteiger partial charge in [-0.3, -0.25) is 9.59 Å². The molecule has 0 atom stereocenters. The molecule has 31 heavy (non-hydrogen) atoms. The minimum absolute atomic E-state index is 0.0218. The molecular formula is C22H36N4O4S. The van der Waals surface area contributed by atoms with Crippen molar-refractivity contribution >= 4 is 21.8 Å². The quantitative estimate of drug-likeness (QED) is 0.622. The fraction of sp³-hybridized carbons (Fsp3) is 0.636. The lowest BCUT2D eigenvalue weighted by molar-refractivity contribution is -0.126. The van der Waals surface area contributed by atoms with E-state index in [1.54, 1.807) is 17.9 Å². The Kier molecular flexibility index (Phi) is 8.24. The lowest BCUT2D eigenvalue weighted by Gasteiger charge is -2.33. The first-order valence-electron chi connectivity index (χ1n) is 10.6. The second kappa shape index (κ2) is 10.1. The van der Waals surface area contributed by atoms with Crippen LogP contribution in [0, 0.1) is 18.3 Å². The zero-order chi connectivity index (χ0) is 23.4. The molecule has 1 aliphatic heterocycles. The molecule has 1 aromatic carbocycles. The highest BCUT2D eigenvalue weighted by Gasteiger charge is 2.30. The maximum atomic E-state index is 13.0. The van der Waals surface area contributed by atoms with Crippen LogP contribution in [0.1, 0.15) is 42.6 Å². The van der Waals surface area contributed by atoms with E-state index in [4.69, 9.17) is 0 Å². The summed E-state index contributed by atoms with van der Waals surface area (Å²) < 4.78 is 26.5. The molecule has 1 aromatic rings. The van der Waals surface area contributed by atoms with Crippen molar-refractivity contribution in [2.75, 3.05) is 47.3 Å². The zero-order valence-corrected chi connectivity index (χ0v) is 20.3. The van der Waals surface area contributed by atoms with Crippen LogP contribution in [0.15, 0.2) is 23.1 Å². The smallest absolute Gasteiger partial charge is 0.254 e. The lowest BCUT2D eigenvalue weighted by atomic mass is 9.91. The number of nitrogens with zero attached hydrogens (tertiary/aromatic N) is 2. The molecule has 174 valence electrons. The SMILES string of the molecule is CNS(=O)(=O)c1ccc(C)c(C(=O)N2CCC(C(=O)NCC(C)(C)CN(C)C)CC2)c1. The van der Waals surface area contributed by atoms with Gasteiger partial charge >= 0.3 is 0 Å². The number of hydrogen-bond acceptors (Lipinski definition) is 5. The summed E-state index contributed by atoms with van der Waals surface area (Å²) in [6, 6.07) is 4.56. The third-order valence-corrected chi connectivity index (χ3v) is 7.07. The first-order valence-corrected chi connectivity index (χ1v) is 12.1. The van der Waals surface area contributed by atoms with Gasteiger partial charge in [0.25, 0.3) is 5.91 Å². The molecule has 1 saturated heterocycles. The molecule has 0 aliphatic carbocycles. The Hall–Kier alpha value is -1.97. The zero-order valence-electron chi connectivity index (χ0n) is 19.5. The molecular weight excluding hydrogens is 416 g/mol. The number of piperidine rings is 1. The second-order valence-electron chi connectivity index (χ2n) is 9.37. The normalized spacial score (nSPS) is 15.9. The van der Waals surface area contributed by atoms with E-state index < -0.39 is 10.0 Å². The Labute approximate surface area is 186 Å². The standard InChI is InChI=1S/C22H36N4O4S/c1-16-7-8-18(31(29,30)23-4)13-19(16)21(28)26-11-9-17(10-12-26)20(27)24-14-22(2,3)15-25(5)6/h7-8,13,17,23H,9-12,14-15H2,1-6H3,(H,24,27). The molecule has 1 fully saturated rings. The van der Waals surface area contributed by atoms with E-state index in [1.165, 1.54) is 19.2 Å². The largest absolute Gasteiger partial charge is 0.355 e. The van der Waals surface area contributed by atoms with Gasteiger partial charge in [0.05, 0.1) is 4.90 Å². The van der Waals surface area contributed by atoms with Gasteiger partial charge in [-0.1, -0.05) is 19.9 Å². The Bertz CT molecular complexity index is 904. The average Bonchev–Trinajstić information content (AvgIpc) is 2.71. The molecule has 2 amide bonds. The van der Waals surface area contributed by atoms with Crippen molar-refractivity contribution in [3.05, 3.63) is 29.3 Å². The van der Waals surface area contributed by atoms with Crippen molar-refractivity contribution in [3.8, 4) is 0 Å². The van der Waals surface area contributed by atoms with Gasteiger partial charge in [-0.15, -0.1) is 0 Å². The number of sulfonamides is 1. The first kappa shape index (κ1) is 25.3. The van der Waals surface area contributed by atoms with E-state index in [0.717, 1.165) is 12.1 Å². The number of carbonyl (C=O) groups excluding carboxylic acids is 2. The summed E-state index contributed by atoms with van der Waals surface area (Å²) >= 11 is 0. The number of rotatable bonds is 8. The first-order chi connectivity index (χ1) is 14.4. The third kappa shape index (κ3) is 6.75. The summed E-state index contributed by atoms with van der Waals surface area (Å²) in [5.74, 6) is -0.273. The van der Waals surface area contributed by atoms with Crippen molar-refractivity contribution in [1.29, 1.82) is 0 Å². The Morgan fingerprint density at radius 3 is 2.35 bits per heavy atom. The number of likely N-dealkylation sites (tertiary alicyclic amines) is 1. The molecule has 0 unspecified atom stereocenters. The third-order valence-electron chi connectivity index (χ3n) is 5.66. The van der Waals surface area contributed by atoms with E-state index in [-0.39, 0.29) is 28.0 Å². The summed E-state index contributed by atoms with van der Waals surface area (Å²) in [6.07, 6.45) is 1.19. The second-order valence-corrected chi connectivity index (χ2v) is 11.3. The summed E-state index contributed by atoms with van der Waals surface area (Å²) in [5, 5.41) is 3.07. The highest BCUT2D eigenvalue weighted by atomic mass is 32.2. The van der Waals surface area contributed by atoms with E-state index in [2.05, 4.69) is 28.8 Å². The van der Waals surface area contributed by atoms with Crippen molar-refractivity contribution in [2.24, 2.45) is 11.3 Å². The van der Waals surface area contributed by atoms with Crippen LogP contribution in [0.4, 0.5) is 0 Å². The van der Waals surface area contributed by atoms with E-state index in [9.17, 15) is 18.0 Å². The summed E-state index contributed by atoms with van der Waals surface area (Å²) in [5.41, 5.74) is 1.08. The molecule has 1 heterocycles. The van der Waals surface area contributed by atoms with Gasteiger partial charge in [-0.2, -0.15) is 0 Å². The molecule has 1 aliphatic rings. The van der Waals surface area contributed by atoms with Crippen molar-refractivity contribution < 1.29 is 18.0 Å². The Morgan fingerprint density at radius 1 is 1.19 bits per heavy atom. The number of carbonyl (C=O) groups is 2. The molecule has 2 rings (SSSR count). The van der Waals surface area contributed by atoms with Crippen molar-refractivity contribution in [1.82, 2.24) is 19.8 Å². The lowest BCUT2D eigenvalue weighted by Crippen LogP contribution is -2.46. The molecule has 0 saturated carbocycles. The van der Waals surface area contributed by atoms with Crippen LogP contribution in [0.25, 0.3) is 0 Å². The van der Waals surface area contributed by atoms with Gasteiger partial charge in [-0.05, 0) is 64.0 Å². The minimum atomic E-state index is -3.62. The monoisotopic (exact) mass is 452 g/mol. The van der Waals surface area contributed by atoms with Gasteiger partial charge in [0.2, 0.25) is 15.9 Å². The summed E-state index contributed by atoms with van der Waals surface area (Å²) in [4.78, 5) is 29.5. The Morgan fingerprint density at radius 2 is 1.81 bits per heavy atom. The van der Waals surface area contributed by atoms with Gasteiger partial charge in [0, 0.05) is 37.7 Å². The molecule has 0 spiro atoms. The van der Waals surface area contributed by atoms with Crippen LogP contribution in [-0.4, -0.2) is 77.4 Å². The molecule has 8 nitrogen and oxygen atoms in total. The van der Waals surface area contributed by atoms with Crippen LogP contribution < -0.4 is 10.0 Å². The number of hydrogen-bond donors (Lipinski definition) is 2. The topological polar surface area (TPSA) is 98.8 Å². The maximum absolute atomic E-state index is 13.0. The number of amides is 2. The van der Waals surface area contributed by atoms with Gasteiger partial charge in [0.15, 0.2) is 0 Å². The fourth-order valence-corrected chi connectivity index (χ4v) is 4.77. The molecule has 0 radical (unpaired) electrons. The number of aryl methyl sites for hydroxylation is 1. The van der Waals surface area contributed by atoms with Crippen LogP contribution in [0.2, 0.25) is 0 Å². The van der Waals surface area contributed by atoms with Gasteiger partial charge in [-0.25, -0.2) is 13.1 Å². The average molecular weight is 453 g/mol. The van der Waals surface area contributed by atoms with Crippen LogP contribution in [0.5, 0.6) is 0 Å². The van der Waals surface area contributed by atoms with Crippen LogP contribution in [-0.2, 0) is 14.8 Å². The van der Waals surface area contributed by atoms with Crippen molar-refractivity contribution in [2.45, 2.75) is 38.5 Å². The van der Waals surface area contributed by atoms with E-state index in [1.807, 2.05) is 14.1 Å². The fourth-order valence-electron chi connectivity index (χ4n) is 4.01.